The lowest BCUT2D eigenvalue weighted by atomic mass is 10.1. The monoisotopic (exact) mass is 298 g/mol. The van der Waals surface area contributed by atoms with E-state index in [1.807, 2.05) is 24.3 Å². The molecule has 0 aliphatic rings. The van der Waals surface area contributed by atoms with Crippen LogP contribution in [0.25, 0.3) is 0 Å². The van der Waals surface area contributed by atoms with Gasteiger partial charge in [-0.25, -0.2) is 0 Å². The fourth-order valence-electron chi connectivity index (χ4n) is 1.87. The van der Waals surface area contributed by atoms with Gasteiger partial charge in [-0.3, -0.25) is 9.36 Å². The van der Waals surface area contributed by atoms with E-state index in [0.29, 0.717) is 18.8 Å². The molecule has 0 unspecified atom stereocenters. The highest BCUT2D eigenvalue weighted by Crippen LogP contribution is 2.48. The van der Waals surface area contributed by atoms with Gasteiger partial charge in [0.2, 0.25) is 0 Å². The Balaban J connectivity index is 2.62. The summed E-state index contributed by atoms with van der Waals surface area (Å²) in [5.41, 5.74) is 1.83. The smallest absolute Gasteiger partial charge is 0.309 e. The molecule has 5 heteroatoms. The van der Waals surface area contributed by atoms with Gasteiger partial charge in [0.15, 0.2) is 5.78 Å². The van der Waals surface area contributed by atoms with Gasteiger partial charge in [0.1, 0.15) is 0 Å². The van der Waals surface area contributed by atoms with Gasteiger partial charge in [-0.05, 0) is 25.8 Å². The standard InChI is InChI=1S/C15H23O4P/c1-4-13-7-9-14(10-8-13)15(16)11-12-20(17,18-5-2)19-6-3/h7-10H,4-6,11-12H2,1-3H3. The summed E-state index contributed by atoms with van der Waals surface area (Å²) in [6.45, 7) is 6.22. The molecule has 0 amide bonds. The lowest BCUT2D eigenvalue weighted by molar-refractivity contribution is 0.0984. The highest BCUT2D eigenvalue weighted by atomic mass is 31.2. The molecule has 0 aliphatic carbocycles. The van der Waals surface area contributed by atoms with E-state index in [-0.39, 0.29) is 18.4 Å². The zero-order chi connectivity index (χ0) is 15.0. The Bertz CT molecular complexity index is 457. The van der Waals surface area contributed by atoms with Crippen molar-refractivity contribution >= 4 is 13.4 Å². The second kappa shape index (κ2) is 8.35. The van der Waals surface area contributed by atoms with Crippen LogP contribution in [0.4, 0.5) is 0 Å². The van der Waals surface area contributed by atoms with Crippen LogP contribution in [0.3, 0.4) is 0 Å². The number of ketones is 1. The Hall–Kier alpha value is -0.960. The first-order valence-corrected chi connectivity index (χ1v) is 8.77. The van der Waals surface area contributed by atoms with Gasteiger partial charge in [-0.15, -0.1) is 0 Å². The van der Waals surface area contributed by atoms with Crippen molar-refractivity contribution in [1.29, 1.82) is 0 Å². The first-order chi connectivity index (χ1) is 9.54. The van der Waals surface area contributed by atoms with Gasteiger partial charge >= 0.3 is 7.60 Å². The number of Topliss-reactive ketones (excluding diaryl/α,β-unsaturated/α-hetero) is 1. The summed E-state index contributed by atoms with van der Waals surface area (Å²) in [7, 11) is -3.13. The van der Waals surface area contributed by atoms with Crippen LogP contribution in [0.5, 0.6) is 0 Å². The summed E-state index contributed by atoms with van der Waals surface area (Å²) in [4.78, 5) is 12.1. The highest BCUT2D eigenvalue weighted by Gasteiger charge is 2.24. The molecule has 0 aliphatic heterocycles. The lowest BCUT2D eigenvalue weighted by Gasteiger charge is -2.16. The van der Waals surface area contributed by atoms with Crippen molar-refractivity contribution in [3.8, 4) is 0 Å². The summed E-state index contributed by atoms with van der Waals surface area (Å²) in [5, 5.41) is 0. The Morgan fingerprint density at radius 1 is 1.05 bits per heavy atom. The lowest BCUT2D eigenvalue weighted by Crippen LogP contribution is -2.06. The normalized spacial score (nSPS) is 11.6. The topological polar surface area (TPSA) is 52.6 Å². The molecule has 0 fully saturated rings. The minimum Gasteiger partial charge on any atom is -0.309 e. The zero-order valence-corrected chi connectivity index (χ0v) is 13.3. The number of rotatable bonds is 9. The van der Waals surface area contributed by atoms with Gasteiger partial charge in [0.05, 0.1) is 19.4 Å². The summed E-state index contributed by atoms with van der Waals surface area (Å²) in [6, 6.07) is 7.51. The predicted molar refractivity (Wildman–Crippen MR) is 80.5 cm³/mol. The zero-order valence-electron chi connectivity index (χ0n) is 12.4. The van der Waals surface area contributed by atoms with Crippen LogP contribution < -0.4 is 0 Å². The van der Waals surface area contributed by atoms with Crippen LogP contribution in [-0.2, 0) is 20.0 Å². The Morgan fingerprint density at radius 2 is 1.60 bits per heavy atom. The molecule has 20 heavy (non-hydrogen) atoms. The van der Waals surface area contributed by atoms with E-state index < -0.39 is 7.60 Å². The first kappa shape index (κ1) is 17.1. The largest absolute Gasteiger partial charge is 0.331 e. The van der Waals surface area contributed by atoms with E-state index in [1.165, 1.54) is 5.56 Å². The van der Waals surface area contributed by atoms with Crippen LogP contribution in [0.1, 0.15) is 43.1 Å². The summed E-state index contributed by atoms with van der Waals surface area (Å²) in [5.74, 6) is -0.0349. The molecular weight excluding hydrogens is 275 g/mol. The summed E-state index contributed by atoms with van der Waals surface area (Å²) in [6.07, 6.45) is 1.24. The maximum atomic E-state index is 12.3. The van der Waals surface area contributed by atoms with E-state index in [9.17, 15) is 9.36 Å². The van der Waals surface area contributed by atoms with Crippen molar-refractivity contribution < 1.29 is 18.4 Å². The minimum atomic E-state index is -3.13. The fourth-order valence-corrected chi connectivity index (χ4v) is 3.47. The Morgan fingerprint density at radius 3 is 2.05 bits per heavy atom. The molecular formula is C15H23O4P. The molecule has 0 spiro atoms. The molecule has 1 aromatic rings. The summed E-state index contributed by atoms with van der Waals surface area (Å²) < 4.78 is 22.6. The van der Waals surface area contributed by atoms with Crippen molar-refractivity contribution in [1.82, 2.24) is 0 Å². The number of hydrogen-bond acceptors (Lipinski definition) is 4. The molecule has 0 saturated carbocycles. The van der Waals surface area contributed by atoms with Gasteiger partial charge in [0, 0.05) is 12.0 Å². The maximum Gasteiger partial charge on any atom is 0.331 e. The maximum absolute atomic E-state index is 12.3. The average molecular weight is 298 g/mol. The Kier molecular flexibility index (Phi) is 7.14. The van der Waals surface area contributed by atoms with Crippen molar-refractivity contribution in [2.75, 3.05) is 19.4 Å². The molecule has 4 nitrogen and oxygen atoms in total. The highest BCUT2D eigenvalue weighted by molar-refractivity contribution is 7.53. The van der Waals surface area contributed by atoms with Crippen molar-refractivity contribution in [3.05, 3.63) is 35.4 Å². The summed E-state index contributed by atoms with van der Waals surface area (Å²) >= 11 is 0. The average Bonchev–Trinajstić information content (AvgIpc) is 2.45. The quantitative estimate of drug-likeness (QED) is 0.509. The minimum absolute atomic E-state index is 0.0349. The van der Waals surface area contributed by atoms with Crippen LogP contribution in [0.2, 0.25) is 0 Å². The molecule has 1 aromatic carbocycles. The van der Waals surface area contributed by atoms with Crippen molar-refractivity contribution in [2.24, 2.45) is 0 Å². The molecule has 0 atom stereocenters. The molecule has 0 bridgehead atoms. The predicted octanol–water partition coefficient (Wildman–Crippen LogP) is 4.09. The van der Waals surface area contributed by atoms with E-state index >= 15 is 0 Å². The van der Waals surface area contributed by atoms with Crippen LogP contribution >= 0.6 is 7.60 Å². The molecule has 112 valence electrons. The third kappa shape index (κ3) is 5.20. The molecule has 0 saturated heterocycles. The van der Waals surface area contributed by atoms with E-state index in [2.05, 4.69) is 6.92 Å². The van der Waals surface area contributed by atoms with Crippen molar-refractivity contribution in [2.45, 2.75) is 33.6 Å². The second-order valence-electron chi connectivity index (χ2n) is 4.39. The van der Waals surface area contributed by atoms with Crippen LogP contribution in [0, 0.1) is 0 Å². The van der Waals surface area contributed by atoms with Gasteiger partial charge in [-0.2, -0.15) is 0 Å². The molecule has 0 aromatic heterocycles. The van der Waals surface area contributed by atoms with E-state index in [4.69, 9.17) is 9.05 Å². The molecule has 0 radical (unpaired) electrons. The van der Waals surface area contributed by atoms with E-state index in [0.717, 1.165) is 6.42 Å². The van der Waals surface area contributed by atoms with Gasteiger partial charge < -0.3 is 9.05 Å². The number of hydrogen-bond donors (Lipinski definition) is 0. The number of benzene rings is 1. The van der Waals surface area contributed by atoms with Crippen molar-refractivity contribution in [3.63, 3.8) is 0 Å². The third-order valence-corrected chi connectivity index (χ3v) is 5.02. The first-order valence-electron chi connectivity index (χ1n) is 7.05. The van der Waals surface area contributed by atoms with E-state index in [1.54, 1.807) is 13.8 Å². The van der Waals surface area contributed by atoms with Gasteiger partial charge in [-0.1, -0.05) is 31.2 Å². The SMILES string of the molecule is CCOP(=O)(CCC(=O)c1ccc(CC)cc1)OCC. The molecule has 0 N–H and O–H groups in total. The Labute approximate surface area is 121 Å². The molecule has 1 rings (SSSR count). The molecule has 0 heterocycles. The number of aryl methyl sites for hydroxylation is 1. The number of carbonyl (C=O) groups is 1. The van der Waals surface area contributed by atoms with Crippen LogP contribution in [-0.4, -0.2) is 25.2 Å². The van der Waals surface area contributed by atoms with Gasteiger partial charge in [0.25, 0.3) is 0 Å². The second-order valence-corrected chi connectivity index (χ2v) is 6.58. The fraction of sp³-hybridized carbons (Fsp3) is 0.533. The third-order valence-electron chi connectivity index (χ3n) is 2.95. The number of carbonyl (C=O) groups excluding carboxylic acids is 1. The van der Waals surface area contributed by atoms with Crippen LogP contribution in [0.15, 0.2) is 24.3 Å².